The summed E-state index contributed by atoms with van der Waals surface area (Å²) in [7, 11) is 0. The first kappa shape index (κ1) is 33.8. The summed E-state index contributed by atoms with van der Waals surface area (Å²) in [5, 5.41) is 18.4. The number of aliphatic hydroxyl groups excluding tert-OH is 1. The maximum absolute atomic E-state index is 13.0. The van der Waals surface area contributed by atoms with Gasteiger partial charge in [-0.3, -0.25) is 19.2 Å². The number of esters is 2. The summed E-state index contributed by atoms with van der Waals surface area (Å²) in [4.78, 5) is 51.7. The topological polar surface area (TPSA) is 149 Å². The number of likely N-dealkylation sites (tertiary alicyclic amines) is 1. The smallest absolute Gasteiger partial charge is 0.309 e. The van der Waals surface area contributed by atoms with Crippen LogP contribution in [0.5, 0.6) is 0 Å². The van der Waals surface area contributed by atoms with Gasteiger partial charge in [0.15, 0.2) is 0 Å². The van der Waals surface area contributed by atoms with E-state index in [0.29, 0.717) is 64.9 Å². The summed E-state index contributed by atoms with van der Waals surface area (Å²) in [5.74, 6) is -3.99. The molecule has 0 aromatic carbocycles. The molecule has 38 heavy (non-hydrogen) atoms. The van der Waals surface area contributed by atoms with Gasteiger partial charge in [0.25, 0.3) is 0 Å². The van der Waals surface area contributed by atoms with Crippen LogP contribution in [0.25, 0.3) is 0 Å². The van der Waals surface area contributed by atoms with E-state index in [9.17, 15) is 24.3 Å². The molecule has 0 radical (unpaired) electrons. The van der Waals surface area contributed by atoms with Crippen molar-refractivity contribution in [1.82, 2.24) is 4.90 Å². The minimum atomic E-state index is -1.02. The van der Waals surface area contributed by atoms with Crippen molar-refractivity contribution in [2.24, 2.45) is 17.8 Å². The fraction of sp³-hybridized carbons (Fsp3) is 0.852. The molecule has 1 heterocycles. The monoisotopic (exact) mass is 545 g/mol. The van der Waals surface area contributed by atoms with E-state index in [4.69, 9.17) is 24.1 Å². The minimum absolute atomic E-state index is 0.00984. The Labute approximate surface area is 226 Å². The van der Waals surface area contributed by atoms with E-state index in [1.165, 1.54) is 6.92 Å². The first-order valence-electron chi connectivity index (χ1n) is 13.9. The first-order chi connectivity index (χ1) is 18.2. The number of carboxylic acids is 1. The lowest BCUT2D eigenvalue weighted by atomic mass is 9.85. The van der Waals surface area contributed by atoms with Gasteiger partial charge in [-0.25, -0.2) is 0 Å². The highest BCUT2D eigenvalue weighted by molar-refractivity contribution is 5.79. The van der Waals surface area contributed by atoms with Gasteiger partial charge < -0.3 is 34.1 Å². The van der Waals surface area contributed by atoms with E-state index >= 15 is 0 Å². The minimum Gasteiger partial charge on any atom is -0.481 e. The fourth-order valence-electron chi connectivity index (χ4n) is 4.50. The molecule has 1 rings (SSSR count). The van der Waals surface area contributed by atoms with Crippen molar-refractivity contribution < 1.29 is 48.3 Å². The molecule has 0 saturated carbocycles. The highest BCUT2D eigenvalue weighted by Gasteiger charge is 2.36. The predicted octanol–water partition coefficient (Wildman–Crippen LogP) is 2.42. The van der Waals surface area contributed by atoms with Crippen molar-refractivity contribution >= 4 is 23.8 Å². The number of rotatable bonds is 22. The third-order valence-electron chi connectivity index (χ3n) is 6.73. The lowest BCUT2D eigenvalue weighted by molar-refractivity contribution is -0.153. The van der Waals surface area contributed by atoms with Crippen LogP contribution in [0.2, 0.25) is 0 Å². The number of hydrogen-bond acceptors (Lipinski definition) is 9. The number of carboxylic acid groups (broad SMARTS) is 1. The summed E-state index contributed by atoms with van der Waals surface area (Å²) < 4.78 is 21.4. The Bertz CT molecular complexity index is 716. The number of carbonyl (C=O) groups excluding carboxylic acids is 3. The van der Waals surface area contributed by atoms with Gasteiger partial charge in [-0.2, -0.15) is 0 Å². The maximum Gasteiger partial charge on any atom is 0.309 e. The van der Waals surface area contributed by atoms with E-state index in [-0.39, 0.29) is 51.1 Å². The lowest BCUT2D eigenvalue weighted by Gasteiger charge is -2.33. The number of aliphatic carboxylic acids is 1. The van der Waals surface area contributed by atoms with Gasteiger partial charge >= 0.3 is 17.9 Å². The van der Waals surface area contributed by atoms with E-state index in [1.54, 1.807) is 4.90 Å². The average Bonchev–Trinajstić information content (AvgIpc) is 3.32. The fourth-order valence-corrected chi connectivity index (χ4v) is 4.50. The Kier molecular flexibility index (Phi) is 17.6. The molecule has 1 aliphatic rings. The molecular formula is C27H47NO10. The second-order valence-electron chi connectivity index (χ2n) is 9.67. The Morgan fingerprint density at radius 1 is 0.895 bits per heavy atom. The molecule has 0 aromatic heterocycles. The number of nitrogens with zero attached hydrogens (tertiary/aromatic N) is 1. The van der Waals surface area contributed by atoms with Crippen LogP contribution in [0.3, 0.4) is 0 Å². The predicted molar refractivity (Wildman–Crippen MR) is 138 cm³/mol. The Hall–Kier alpha value is -2.24. The van der Waals surface area contributed by atoms with Crippen molar-refractivity contribution in [2.75, 3.05) is 52.8 Å². The van der Waals surface area contributed by atoms with Crippen molar-refractivity contribution in [3.8, 4) is 0 Å². The molecule has 1 saturated heterocycles. The van der Waals surface area contributed by atoms with Crippen LogP contribution in [0.15, 0.2) is 0 Å². The van der Waals surface area contributed by atoms with Crippen LogP contribution in [-0.4, -0.2) is 97.8 Å². The third-order valence-corrected chi connectivity index (χ3v) is 6.73. The molecule has 1 amide bonds. The average molecular weight is 546 g/mol. The molecule has 4 atom stereocenters. The summed E-state index contributed by atoms with van der Waals surface area (Å²) in [6, 6.07) is -0.430. The van der Waals surface area contributed by atoms with E-state index < -0.39 is 35.7 Å². The van der Waals surface area contributed by atoms with Gasteiger partial charge in [0.2, 0.25) is 5.91 Å². The number of unbranched alkanes of at least 4 members (excludes halogenated alkanes) is 1. The van der Waals surface area contributed by atoms with Gasteiger partial charge in [0, 0.05) is 32.2 Å². The van der Waals surface area contributed by atoms with Crippen molar-refractivity contribution in [1.29, 1.82) is 0 Å². The number of hydrogen-bond donors (Lipinski definition) is 2. The second kappa shape index (κ2) is 19.8. The summed E-state index contributed by atoms with van der Waals surface area (Å²) >= 11 is 0. The second-order valence-corrected chi connectivity index (χ2v) is 9.67. The number of amides is 1. The molecule has 0 bridgehead atoms. The van der Waals surface area contributed by atoms with Gasteiger partial charge in [-0.15, -0.1) is 0 Å². The number of carbonyl (C=O) groups is 4. The quantitative estimate of drug-likeness (QED) is 0.153. The lowest BCUT2D eigenvalue weighted by Crippen LogP contribution is -2.41. The van der Waals surface area contributed by atoms with Crippen LogP contribution >= 0.6 is 0 Å². The van der Waals surface area contributed by atoms with Crippen LogP contribution in [-0.2, 0) is 38.1 Å². The zero-order valence-electron chi connectivity index (χ0n) is 23.2. The zero-order valence-corrected chi connectivity index (χ0v) is 23.2. The van der Waals surface area contributed by atoms with Crippen molar-refractivity contribution in [3.05, 3.63) is 0 Å². The van der Waals surface area contributed by atoms with Gasteiger partial charge in [0.05, 0.1) is 44.2 Å². The van der Waals surface area contributed by atoms with E-state index in [1.807, 2.05) is 13.8 Å². The number of ether oxygens (including phenoxy) is 4. The van der Waals surface area contributed by atoms with Crippen molar-refractivity contribution in [2.45, 2.75) is 78.2 Å². The van der Waals surface area contributed by atoms with Crippen LogP contribution in [0.1, 0.15) is 72.1 Å². The van der Waals surface area contributed by atoms with Gasteiger partial charge in [-0.05, 0) is 51.9 Å². The molecule has 2 N–H and O–H groups in total. The first-order valence-corrected chi connectivity index (χ1v) is 13.9. The van der Waals surface area contributed by atoms with Crippen LogP contribution in [0, 0.1) is 17.8 Å². The normalized spacial score (nSPS) is 16.6. The SMILES string of the molecule is CCOCCOCCOC(=O)C(CC)CC(CC(CC(C)C(=O)O)C(=O)OCCCCO)N1CCCC1=O. The summed E-state index contributed by atoms with van der Waals surface area (Å²) in [6.07, 6.45) is 3.14. The standard InChI is InChI=1S/C27H47NO10/c1-4-21(26(33)38-16-15-36-14-13-35-5-2)18-23(28-10-8-9-24(28)30)19-22(17-20(3)25(31)32)27(34)37-12-7-6-11-29/h20-23,29H,4-19H2,1-3H3,(H,31,32). The molecule has 4 unspecified atom stereocenters. The van der Waals surface area contributed by atoms with Gasteiger partial charge in [0.1, 0.15) is 6.61 Å². The third kappa shape index (κ3) is 13.0. The van der Waals surface area contributed by atoms with E-state index in [0.717, 1.165) is 0 Å². The zero-order chi connectivity index (χ0) is 28.3. The van der Waals surface area contributed by atoms with Gasteiger partial charge in [-0.1, -0.05) is 13.8 Å². The Morgan fingerprint density at radius 2 is 1.53 bits per heavy atom. The maximum atomic E-state index is 13.0. The summed E-state index contributed by atoms with van der Waals surface area (Å²) in [5.41, 5.74) is 0. The molecule has 1 aliphatic heterocycles. The van der Waals surface area contributed by atoms with E-state index in [2.05, 4.69) is 0 Å². The van der Waals surface area contributed by atoms with Crippen LogP contribution < -0.4 is 0 Å². The summed E-state index contributed by atoms with van der Waals surface area (Å²) in [6.45, 7) is 7.78. The number of aliphatic hydroxyl groups is 1. The molecule has 11 heteroatoms. The van der Waals surface area contributed by atoms with Crippen LogP contribution in [0.4, 0.5) is 0 Å². The molecule has 0 aliphatic carbocycles. The van der Waals surface area contributed by atoms with Crippen molar-refractivity contribution in [3.63, 3.8) is 0 Å². The molecule has 1 fully saturated rings. The molecule has 0 spiro atoms. The largest absolute Gasteiger partial charge is 0.481 e. The Morgan fingerprint density at radius 3 is 2.13 bits per heavy atom. The highest BCUT2D eigenvalue weighted by atomic mass is 16.6. The molecule has 11 nitrogen and oxygen atoms in total. The molecule has 0 aromatic rings. The Balaban J connectivity index is 2.89. The molecule has 220 valence electrons. The molecular weight excluding hydrogens is 498 g/mol. The highest BCUT2D eigenvalue weighted by Crippen LogP contribution is 2.29.